The van der Waals surface area contributed by atoms with Gasteiger partial charge >= 0.3 is 0 Å². The Morgan fingerprint density at radius 1 is 1.06 bits per heavy atom. The van der Waals surface area contributed by atoms with Gasteiger partial charge in [0, 0.05) is 14.7 Å². The third kappa shape index (κ3) is 2.57. The topological polar surface area (TPSA) is 17.1 Å². The second-order valence-electron chi connectivity index (χ2n) is 3.83. The minimum Gasteiger partial charge on any atom is -0.289 e. The number of carbonyl (C=O) groups excluding carboxylic acids is 1. The van der Waals surface area contributed by atoms with Crippen LogP contribution >= 0.6 is 22.6 Å². The Morgan fingerprint density at radius 3 is 2.41 bits per heavy atom. The Balaban J connectivity index is 2.45. The number of hydrogen-bond donors (Lipinski definition) is 0. The second-order valence-corrected chi connectivity index (χ2v) is 4.91. The molecule has 1 nitrogen and oxygen atoms in total. The zero-order valence-electron chi connectivity index (χ0n) is 9.61. The van der Waals surface area contributed by atoms with Crippen LogP contribution in [0.1, 0.15) is 28.4 Å². The van der Waals surface area contributed by atoms with Crippen LogP contribution in [0, 0.1) is 3.57 Å². The summed E-state index contributed by atoms with van der Waals surface area (Å²) in [6.07, 6.45) is 0.953. The third-order valence-electron chi connectivity index (χ3n) is 2.74. The SMILES string of the molecule is CCc1cccc(C(=O)c2ccccc2)c1I. The molecular formula is C15H13IO. The van der Waals surface area contributed by atoms with Gasteiger partial charge in [-0.3, -0.25) is 4.79 Å². The van der Waals surface area contributed by atoms with Crippen molar-refractivity contribution >= 4 is 28.4 Å². The molecule has 0 saturated heterocycles. The highest BCUT2D eigenvalue weighted by Gasteiger charge is 2.13. The first-order valence-electron chi connectivity index (χ1n) is 5.61. The van der Waals surface area contributed by atoms with Crippen LogP contribution in [-0.4, -0.2) is 5.78 Å². The Hall–Kier alpha value is -1.16. The highest BCUT2D eigenvalue weighted by Crippen LogP contribution is 2.21. The fourth-order valence-electron chi connectivity index (χ4n) is 1.77. The lowest BCUT2D eigenvalue weighted by atomic mass is 10.0. The maximum absolute atomic E-state index is 12.3. The van der Waals surface area contributed by atoms with Crippen molar-refractivity contribution in [2.75, 3.05) is 0 Å². The zero-order valence-corrected chi connectivity index (χ0v) is 11.8. The summed E-state index contributed by atoms with van der Waals surface area (Å²) in [5.41, 5.74) is 2.78. The van der Waals surface area contributed by atoms with E-state index < -0.39 is 0 Å². The van der Waals surface area contributed by atoms with Crippen molar-refractivity contribution in [3.63, 3.8) is 0 Å². The molecule has 86 valence electrons. The number of hydrogen-bond acceptors (Lipinski definition) is 1. The molecule has 0 aliphatic heterocycles. The molecule has 0 aliphatic carbocycles. The molecule has 0 N–H and O–H groups in total. The van der Waals surface area contributed by atoms with Crippen LogP contribution in [0.2, 0.25) is 0 Å². The van der Waals surface area contributed by atoms with Crippen LogP contribution in [0.5, 0.6) is 0 Å². The number of aryl methyl sites for hydroxylation is 1. The van der Waals surface area contributed by atoms with Crippen molar-refractivity contribution in [3.05, 3.63) is 68.8 Å². The van der Waals surface area contributed by atoms with Gasteiger partial charge < -0.3 is 0 Å². The van der Waals surface area contributed by atoms with E-state index in [0.29, 0.717) is 0 Å². The molecule has 0 aliphatic rings. The van der Waals surface area contributed by atoms with Crippen LogP contribution in [-0.2, 0) is 6.42 Å². The van der Waals surface area contributed by atoms with Gasteiger partial charge in [-0.1, -0.05) is 49.4 Å². The number of benzene rings is 2. The van der Waals surface area contributed by atoms with E-state index in [0.717, 1.165) is 21.1 Å². The minimum absolute atomic E-state index is 0.102. The number of rotatable bonds is 3. The molecule has 0 spiro atoms. The van der Waals surface area contributed by atoms with Gasteiger partial charge in [-0.25, -0.2) is 0 Å². The molecule has 2 aromatic rings. The summed E-state index contributed by atoms with van der Waals surface area (Å²) < 4.78 is 1.07. The lowest BCUT2D eigenvalue weighted by Crippen LogP contribution is -2.05. The van der Waals surface area contributed by atoms with Crippen molar-refractivity contribution in [3.8, 4) is 0 Å². The van der Waals surface area contributed by atoms with E-state index in [4.69, 9.17) is 0 Å². The maximum atomic E-state index is 12.3. The average molecular weight is 336 g/mol. The van der Waals surface area contributed by atoms with E-state index in [1.807, 2.05) is 42.5 Å². The number of ketones is 1. The smallest absolute Gasteiger partial charge is 0.194 e. The van der Waals surface area contributed by atoms with Gasteiger partial charge in [0.25, 0.3) is 0 Å². The molecule has 0 amide bonds. The van der Waals surface area contributed by atoms with E-state index in [-0.39, 0.29) is 5.78 Å². The molecule has 0 saturated carbocycles. The number of halogens is 1. The molecule has 0 heterocycles. The molecule has 0 radical (unpaired) electrons. The van der Waals surface area contributed by atoms with Crippen LogP contribution in [0.15, 0.2) is 48.5 Å². The van der Waals surface area contributed by atoms with Crippen molar-refractivity contribution in [2.24, 2.45) is 0 Å². The van der Waals surface area contributed by atoms with Gasteiger partial charge in [0.1, 0.15) is 0 Å². The largest absolute Gasteiger partial charge is 0.289 e. The standard InChI is InChI=1S/C15H13IO/c1-2-11-9-6-10-13(14(11)16)15(17)12-7-4-3-5-8-12/h3-10H,2H2,1H3. The highest BCUT2D eigenvalue weighted by molar-refractivity contribution is 14.1. The van der Waals surface area contributed by atoms with Gasteiger partial charge in [0.05, 0.1) is 0 Å². The third-order valence-corrected chi connectivity index (χ3v) is 4.01. The molecule has 0 atom stereocenters. The summed E-state index contributed by atoms with van der Waals surface area (Å²) in [5, 5.41) is 0. The lowest BCUT2D eigenvalue weighted by Gasteiger charge is -2.07. The Labute approximate surface area is 115 Å². The Kier molecular flexibility index (Phi) is 3.94. The molecule has 2 heteroatoms. The van der Waals surface area contributed by atoms with Crippen molar-refractivity contribution in [1.82, 2.24) is 0 Å². The average Bonchev–Trinajstić information content (AvgIpc) is 2.39. The van der Waals surface area contributed by atoms with E-state index >= 15 is 0 Å². The molecule has 0 fully saturated rings. The van der Waals surface area contributed by atoms with E-state index in [9.17, 15) is 4.79 Å². The quantitative estimate of drug-likeness (QED) is 0.610. The van der Waals surface area contributed by atoms with E-state index in [2.05, 4.69) is 35.6 Å². The van der Waals surface area contributed by atoms with Gasteiger partial charge in [0.2, 0.25) is 0 Å². The monoisotopic (exact) mass is 336 g/mol. The van der Waals surface area contributed by atoms with Crippen LogP contribution in [0.4, 0.5) is 0 Å². The predicted molar refractivity (Wildman–Crippen MR) is 78.4 cm³/mol. The molecule has 0 aromatic heterocycles. The fourth-order valence-corrected chi connectivity index (χ4v) is 2.76. The van der Waals surface area contributed by atoms with Crippen molar-refractivity contribution in [2.45, 2.75) is 13.3 Å². The summed E-state index contributed by atoms with van der Waals surface area (Å²) in [6, 6.07) is 15.3. The van der Waals surface area contributed by atoms with Gasteiger partial charge in [-0.15, -0.1) is 0 Å². The fraction of sp³-hybridized carbons (Fsp3) is 0.133. The Morgan fingerprint density at radius 2 is 1.76 bits per heavy atom. The lowest BCUT2D eigenvalue weighted by molar-refractivity contribution is 0.103. The van der Waals surface area contributed by atoms with Gasteiger partial charge in [-0.05, 0) is 40.6 Å². The first-order valence-corrected chi connectivity index (χ1v) is 6.69. The summed E-state index contributed by atoms with van der Waals surface area (Å²) >= 11 is 2.26. The maximum Gasteiger partial charge on any atom is 0.194 e. The summed E-state index contributed by atoms with van der Waals surface area (Å²) in [6.45, 7) is 2.11. The molecular weight excluding hydrogens is 323 g/mol. The zero-order chi connectivity index (χ0) is 12.3. The highest BCUT2D eigenvalue weighted by atomic mass is 127. The molecule has 2 rings (SSSR count). The van der Waals surface area contributed by atoms with E-state index in [1.165, 1.54) is 5.56 Å². The van der Waals surface area contributed by atoms with Crippen molar-refractivity contribution in [1.29, 1.82) is 0 Å². The summed E-state index contributed by atoms with van der Waals surface area (Å²) in [4.78, 5) is 12.3. The molecule has 17 heavy (non-hydrogen) atoms. The summed E-state index contributed by atoms with van der Waals surface area (Å²) in [5.74, 6) is 0.102. The summed E-state index contributed by atoms with van der Waals surface area (Å²) in [7, 11) is 0. The Bertz CT molecular complexity index is 532. The van der Waals surface area contributed by atoms with Crippen LogP contribution in [0.25, 0.3) is 0 Å². The van der Waals surface area contributed by atoms with E-state index in [1.54, 1.807) is 0 Å². The minimum atomic E-state index is 0.102. The van der Waals surface area contributed by atoms with Crippen LogP contribution in [0.3, 0.4) is 0 Å². The first-order chi connectivity index (χ1) is 8.24. The number of carbonyl (C=O) groups is 1. The van der Waals surface area contributed by atoms with Gasteiger partial charge in [-0.2, -0.15) is 0 Å². The van der Waals surface area contributed by atoms with Gasteiger partial charge in [0.15, 0.2) is 5.78 Å². The normalized spacial score (nSPS) is 10.2. The molecule has 0 unspecified atom stereocenters. The van der Waals surface area contributed by atoms with Crippen molar-refractivity contribution < 1.29 is 4.79 Å². The molecule has 0 bridgehead atoms. The van der Waals surface area contributed by atoms with Crippen LogP contribution < -0.4 is 0 Å². The predicted octanol–water partition coefficient (Wildman–Crippen LogP) is 4.08. The molecule has 2 aromatic carbocycles. The second kappa shape index (κ2) is 5.45. The first kappa shape index (κ1) is 12.3.